The number of hydrogen-bond donors (Lipinski definition) is 0. The van der Waals surface area contributed by atoms with Gasteiger partial charge < -0.3 is 4.74 Å². The number of sulfonamides is 1. The average molecular weight is 473 g/mol. The molecule has 0 aliphatic carbocycles. The van der Waals surface area contributed by atoms with Gasteiger partial charge in [-0.3, -0.25) is 4.57 Å². The molecule has 1 amide bonds. The van der Waals surface area contributed by atoms with E-state index in [0.717, 1.165) is 23.5 Å². The van der Waals surface area contributed by atoms with Gasteiger partial charge in [0.1, 0.15) is 5.69 Å². The van der Waals surface area contributed by atoms with Crippen LogP contribution >= 0.6 is 11.6 Å². The van der Waals surface area contributed by atoms with Gasteiger partial charge in [-0.1, -0.05) is 29.3 Å². The molecule has 166 valence electrons. The fourth-order valence-corrected chi connectivity index (χ4v) is 4.64. The van der Waals surface area contributed by atoms with Crippen molar-refractivity contribution in [2.45, 2.75) is 18.7 Å². The van der Waals surface area contributed by atoms with Crippen LogP contribution in [-0.2, 0) is 17.1 Å². The predicted octanol–water partition coefficient (Wildman–Crippen LogP) is 4.45. The molecule has 4 rings (SSSR count). The first kappa shape index (κ1) is 21.9. The van der Waals surface area contributed by atoms with E-state index >= 15 is 0 Å². The highest BCUT2D eigenvalue weighted by Crippen LogP contribution is 2.32. The Kier molecular flexibility index (Phi) is 5.47. The topological polar surface area (TPSA) is 86.4 Å². The lowest BCUT2D eigenvalue weighted by Crippen LogP contribution is -2.35. The van der Waals surface area contributed by atoms with Gasteiger partial charge >= 0.3 is 6.09 Å². The zero-order valence-electron chi connectivity index (χ0n) is 17.9. The van der Waals surface area contributed by atoms with E-state index in [1.165, 1.54) is 12.1 Å². The molecule has 0 saturated heterocycles. The third-order valence-corrected chi connectivity index (χ3v) is 7.12. The largest absolute Gasteiger partial charge is 0.429 e. The lowest BCUT2D eigenvalue weighted by Gasteiger charge is -2.18. The van der Waals surface area contributed by atoms with Crippen molar-refractivity contribution in [1.82, 2.24) is 18.7 Å². The van der Waals surface area contributed by atoms with Gasteiger partial charge in [0, 0.05) is 30.7 Å². The van der Waals surface area contributed by atoms with Crippen LogP contribution in [0.25, 0.3) is 16.7 Å². The highest BCUT2D eigenvalue weighted by Gasteiger charge is 2.30. The highest BCUT2D eigenvalue weighted by molar-refractivity contribution is 7.89. The van der Waals surface area contributed by atoms with Gasteiger partial charge in [-0.15, -0.1) is 0 Å². The minimum absolute atomic E-state index is 0.000959. The summed E-state index contributed by atoms with van der Waals surface area (Å²) in [6.45, 7) is 3.53. The molecule has 0 fully saturated rings. The maximum atomic E-state index is 12.9. The number of amides is 1. The fourth-order valence-electron chi connectivity index (χ4n) is 3.43. The van der Waals surface area contributed by atoms with E-state index in [1.54, 1.807) is 36.9 Å². The summed E-state index contributed by atoms with van der Waals surface area (Å²) in [4.78, 5) is 12.9. The maximum Gasteiger partial charge on any atom is 0.429 e. The number of benzene rings is 2. The molecule has 0 atom stereocenters. The fraction of sp³-hybridized carbons (Fsp3) is 0.182. The lowest BCUT2D eigenvalue weighted by atomic mass is 10.2. The zero-order chi connectivity index (χ0) is 23.2. The predicted molar refractivity (Wildman–Crippen MR) is 122 cm³/mol. The molecule has 32 heavy (non-hydrogen) atoms. The molecule has 0 aliphatic rings. The molecular weight excluding hydrogens is 452 g/mol. The Morgan fingerprint density at radius 3 is 2.47 bits per heavy atom. The van der Waals surface area contributed by atoms with Crippen LogP contribution < -0.4 is 4.74 Å². The summed E-state index contributed by atoms with van der Waals surface area (Å²) in [7, 11) is -1.20. The van der Waals surface area contributed by atoms with Crippen molar-refractivity contribution in [1.29, 1.82) is 0 Å². The minimum Gasteiger partial charge on any atom is -0.403 e. The Morgan fingerprint density at radius 1 is 1.09 bits per heavy atom. The number of halogens is 1. The van der Waals surface area contributed by atoms with Gasteiger partial charge in [-0.2, -0.15) is 5.10 Å². The van der Waals surface area contributed by atoms with Crippen molar-refractivity contribution in [3.05, 3.63) is 71.0 Å². The maximum absolute atomic E-state index is 12.9. The van der Waals surface area contributed by atoms with E-state index in [0.29, 0.717) is 20.8 Å². The Balaban J connectivity index is 1.71. The molecule has 2 heterocycles. The van der Waals surface area contributed by atoms with Crippen molar-refractivity contribution < 1.29 is 17.9 Å². The van der Waals surface area contributed by atoms with Crippen molar-refractivity contribution in [2.24, 2.45) is 7.05 Å². The molecule has 0 unspecified atom stereocenters. The Labute approximate surface area is 190 Å². The summed E-state index contributed by atoms with van der Waals surface area (Å²) in [5.74, 6) is 0.644. The van der Waals surface area contributed by atoms with E-state index in [2.05, 4.69) is 5.10 Å². The first-order valence-electron chi connectivity index (χ1n) is 9.67. The summed E-state index contributed by atoms with van der Waals surface area (Å²) in [6, 6.07) is 13.5. The van der Waals surface area contributed by atoms with E-state index in [-0.39, 0.29) is 10.6 Å². The summed E-state index contributed by atoms with van der Waals surface area (Å²) in [6.07, 6.45) is 0.768. The molecule has 10 heteroatoms. The van der Waals surface area contributed by atoms with E-state index in [4.69, 9.17) is 16.3 Å². The second-order valence-electron chi connectivity index (χ2n) is 7.40. The van der Waals surface area contributed by atoms with Crippen LogP contribution in [0.5, 0.6) is 5.75 Å². The third-order valence-electron chi connectivity index (χ3n) is 5.14. The average Bonchev–Trinajstić information content (AvgIpc) is 3.26. The van der Waals surface area contributed by atoms with Crippen LogP contribution in [0, 0.1) is 13.8 Å². The number of aromatic nitrogens is 3. The van der Waals surface area contributed by atoms with E-state index < -0.39 is 16.1 Å². The highest BCUT2D eigenvalue weighted by atomic mass is 35.5. The summed E-state index contributed by atoms with van der Waals surface area (Å²) in [5.41, 5.74) is 2.17. The molecule has 0 N–H and O–H groups in total. The van der Waals surface area contributed by atoms with Gasteiger partial charge in [0.15, 0.2) is 11.6 Å². The summed E-state index contributed by atoms with van der Waals surface area (Å²) >= 11 is 6.09. The molecule has 2 aromatic heterocycles. The van der Waals surface area contributed by atoms with Crippen LogP contribution in [0.1, 0.15) is 11.3 Å². The molecule has 2 aromatic carbocycles. The molecule has 8 nitrogen and oxygen atoms in total. The van der Waals surface area contributed by atoms with Crippen molar-refractivity contribution >= 4 is 38.6 Å². The Hall–Kier alpha value is -3.30. The zero-order valence-corrected chi connectivity index (χ0v) is 19.5. The first-order chi connectivity index (χ1) is 15.1. The van der Waals surface area contributed by atoms with Crippen LogP contribution in [0.4, 0.5) is 4.79 Å². The molecule has 0 spiro atoms. The van der Waals surface area contributed by atoms with Crippen molar-refractivity contribution in [2.75, 3.05) is 7.05 Å². The van der Waals surface area contributed by atoms with Crippen LogP contribution in [0.2, 0.25) is 5.02 Å². The second-order valence-corrected chi connectivity index (χ2v) is 9.81. The van der Waals surface area contributed by atoms with Gasteiger partial charge in [-0.25, -0.2) is 22.2 Å². The number of carbonyl (C=O) groups excluding carboxylic acids is 1. The second kappa shape index (κ2) is 7.99. The number of fused-ring (bicyclic) bond motifs is 1. The molecule has 0 radical (unpaired) electrons. The minimum atomic E-state index is -4.08. The summed E-state index contributed by atoms with van der Waals surface area (Å²) < 4.78 is 35.3. The Bertz CT molecular complexity index is 1440. The van der Waals surface area contributed by atoms with Gasteiger partial charge in [0.25, 0.3) is 10.0 Å². The SMILES string of the molecule is Cc1ccc(S(=O)(=O)N(C)C(=O)Oc2c(C)nn(C)c2-n2ccc3cc(Cl)ccc32)cc1. The van der Waals surface area contributed by atoms with E-state index in [9.17, 15) is 13.2 Å². The quantitative estimate of drug-likeness (QED) is 0.438. The summed E-state index contributed by atoms with van der Waals surface area (Å²) in [5, 5.41) is 5.86. The number of ether oxygens (including phenoxy) is 1. The van der Waals surface area contributed by atoms with Crippen molar-refractivity contribution in [3.8, 4) is 11.6 Å². The molecule has 0 saturated carbocycles. The Morgan fingerprint density at radius 2 is 1.78 bits per heavy atom. The van der Waals surface area contributed by atoms with Gasteiger partial charge in [0.2, 0.25) is 0 Å². The number of hydrogen-bond acceptors (Lipinski definition) is 5. The van der Waals surface area contributed by atoms with Gasteiger partial charge in [-0.05, 0) is 50.2 Å². The smallest absolute Gasteiger partial charge is 0.403 e. The molecule has 0 bridgehead atoms. The monoisotopic (exact) mass is 472 g/mol. The van der Waals surface area contributed by atoms with Crippen LogP contribution in [0.15, 0.2) is 59.6 Å². The normalized spacial score (nSPS) is 11.7. The number of nitrogens with zero attached hydrogens (tertiary/aromatic N) is 4. The van der Waals surface area contributed by atoms with Gasteiger partial charge in [0.05, 0.1) is 10.4 Å². The third kappa shape index (κ3) is 3.74. The number of rotatable bonds is 4. The number of aryl methyl sites for hydroxylation is 3. The lowest BCUT2D eigenvalue weighted by molar-refractivity contribution is 0.184. The first-order valence-corrected chi connectivity index (χ1v) is 11.5. The molecular formula is C22H21ClN4O4S. The van der Waals surface area contributed by atoms with Crippen LogP contribution in [0.3, 0.4) is 0 Å². The standard InChI is InChI=1S/C22H21ClN4O4S/c1-14-5-8-18(9-6-14)32(29,30)26(4)22(28)31-20-15(2)24-25(3)21(20)27-12-11-16-13-17(23)7-10-19(16)27/h5-13H,1-4H3. The molecule has 4 aromatic rings. The van der Waals surface area contributed by atoms with Crippen molar-refractivity contribution in [3.63, 3.8) is 0 Å². The van der Waals surface area contributed by atoms with E-state index in [1.807, 2.05) is 35.9 Å². The van der Waals surface area contributed by atoms with Crippen LogP contribution in [-0.4, -0.2) is 40.2 Å². The number of carbonyl (C=O) groups is 1. The molecule has 0 aliphatic heterocycles.